The van der Waals surface area contributed by atoms with Gasteiger partial charge in [0.25, 0.3) is 0 Å². The van der Waals surface area contributed by atoms with E-state index in [1.54, 1.807) is 24.3 Å². The molecule has 1 atom stereocenters. The van der Waals surface area contributed by atoms with Crippen LogP contribution in [0.25, 0.3) is 0 Å². The molecule has 1 N–H and O–H groups in total. The summed E-state index contributed by atoms with van der Waals surface area (Å²) in [6.45, 7) is 0. The van der Waals surface area contributed by atoms with E-state index >= 15 is 0 Å². The maximum absolute atomic E-state index is 12.9. The van der Waals surface area contributed by atoms with Crippen molar-refractivity contribution in [3.63, 3.8) is 0 Å². The fraction of sp³-hybridized carbons (Fsp3) is 0.200. The number of hydrogen-bond acceptors (Lipinski definition) is 4. The van der Waals surface area contributed by atoms with Crippen LogP contribution in [0.2, 0.25) is 5.02 Å². The molecule has 0 amide bonds. The Kier molecular flexibility index (Phi) is 6.07. The quantitative estimate of drug-likeness (QED) is 0.628. The first-order chi connectivity index (χ1) is 10.5. The molecule has 2 aromatic rings. The minimum absolute atomic E-state index is 0.607. The molecule has 0 unspecified atom stereocenters. The lowest BCUT2D eigenvalue weighted by atomic mass is 10.2. The van der Waals surface area contributed by atoms with Crippen molar-refractivity contribution in [3.05, 3.63) is 63.6 Å². The molecule has 0 aliphatic carbocycles. The van der Waals surface area contributed by atoms with Crippen LogP contribution in [0.3, 0.4) is 0 Å². The Labute approximate surface area is 143 Å². The van der Waals surface area contributed by atoms with Crippen LogP contribution in [-0.4, -0.2) is 14.2 Å². The molecule has 0 saturated heterocycles. The molecule has 4 nitrogen and oxygen atoms in total. The number of rotatable bonds is 6. The Balaban J connectivity index is 2.39. The van der Waals surface area contributed by atoms with Crippen molar-refractivity contribution in [1.29, 1.82) is 0 Å². The van der Waals surface area contributed by atoms with Crippen molar-refractivity contribution in [3.8, 4) is 0 Å². The lowest BCUT2D eigenvalue weighted by molar-refractivity contribution is 0.268. The Morgan fingerprint density at radius 3 is 2.09 bits per heavy atom. The number of hydrogen-bond donors (Lipinski definition) is 1. The molecule has 0 aliphatic heterocycles. The van der Waals surface area contributed by atoms with Crippen molar-refractivity contribution in [2.45, 2.75) is 5.78 Å². The summed E-state index contributed by atoms with van der Waals surface area (Å²) >= 11 is 9.30. The number of anilines is 1. The third-order valence-electron chi connectivity index (χ3n) is 3.16. The van der Waals surface area contributed by atoms with E-state index in [1.165, 1.54) is 14.2 Å². The normalized spacial score (nSPS) is 12.9. The highest BCUT2D eigenvalue weighted by molar-refractivity contribution is 9.10. The van der Waals surface area contributed by atoms with Crippen molar-refractivity contribution in [2.75, 3.05) is 19.5 Å². The summed E-state index contributed by atoms with van der Waals surface area (Å²) in [4.78, 5) is 0. The van der Waals surface area contributed by atoms with Crippen LogP contribution in [-0.2, 0) is 13.6 Å². The van der Waals surface area contributed by atoms with E-state index in [0.29, 0.717) is 5.02 Å². The van der Waals surface area contributed by atoms with Crippen molar-refractivity contribution in [1.82, 2.24) is 0 Å². The van der Waals surface area contributed by atoms with Crippen molar-refractivity contribution < 1.29 is 13.6 Å². The summed E-state index contributed by atoms with van der Waals surface area (Å²) in [5, 5.41) is 3.81. The summed E-state index contributed by atoms with van der Waals surface area (Å²) in [5.41, 5.74) is 1.57. The van der Waals surface area contributed by atoms with Crippen LogP contribution >= 0.6 is 35.1 Å². The van der Waals surface area contributed by atoms with Crippen LogP contribution in [0.5, 0.6) is 0 Å². The van der Waals surface area contributed by atoms with Crippen LogP contribution in [0.1, 0.15) is 11.3 Å². The Bertz CT molecular complexity index is 655. The predicted octanol–water partition coefficient (Wildman–Crippen LogP) is 5.70. The Morgan fingerprint density at radius 2 is 1.59 bits per heavy atom. The topological polar surface area (TPSA) is 47.6 Å². The van der Waals surface area contributed by atoms with Gasteiger partial charge in [-0.15, -0.1) is 0 Å². The first-order valence-electron chi connectivity index (χ1n) is 6.47. The second-order valence-corrected chi connectivity index (χ2v) is 8.19. The van der Waals surface area contributed by atoms with Crippen LogP contribution in [0.15, 0.2) is 53.0 Å². The molecule has 0 saturated carbocycles. The smallest absolute Gasteiger partial charge is 0.356 e. The lowest BCUT2D eigenvalue weighted by Crippen LogP contribution is -2.13. The fourth-order valence-electron chi connectivity index (χ4n) is 1.98. The van der Waals surface area contributed by atoms with E-state index in [2.05, 4.69) is 21.2 Å². The van der Waals surface area contributed by atoms with Gasteiger partial charge < -0.3 is 14.4 Å². The monoisotopic (exact) mass is 403 g/mol. The first kappa shape index (κ1) is 17.5. The fourth-order valence-corrected chi connectivity index (χ4v) is 3.78. The van der Waals surface area contributed by atoms with E-state index in [0.717, 1.165) is 15.7 Å². The zero-order valence-corrected chi connectivity index (χ0v) is 15.4. The van der Waals surface area contributed by atoms with Gasteiger partial charge >= 0.3 is 7.60 Å². The highest BCUT2D eigenvalue weighted by atomic mass is 79.9. The third-order valence-corrected chi connectivity index (χ3v) is 6.02. The zero-order valence-electron chi connectivity index (χ0n) is 12.1. The average Bonchev–Trinajstić information content (AvgIpc) is 2.54. The van der Waals surface area contributed by atoms with E-state index in [4.69, 9.17) is 20.6 Å². The molecule has 2 rings (SSSR count). The highest BCUT2D eigenvalue weighted by Crippen LogP contribution is 2.59. The van der Waals surface area contributed by atoms with Gasteiger partial charge in [-0.3, -0.25) is 4.57 Å². The SMILES string of the molecule is COP(=O)(OC)[C@@H](Nc1ccc(Br)cc1)c1ccc(Cl)cc1. The van der Waals surface area contributed by atoms with E-state index < -0.39 is 13.4 Å². The molecule has 0 heterocycles. The molecule has 0 spiro atoms. The standard InChI is InChI=1S/C15H16BrClNO3P/c1-20-22(19,21-2)15(11-3-7-13(17)8-4-11)18-14-9-5-12(16)6-10-14/h3-10,15,18H,1-2H3/t15-/m1/s1. The number of nitrogens with one attached hydrogen (secondary N) is 1. The molecule has 0 aromatic heterocycles. The molecule has 0 bridgehead atoms. The summed E-state index contributed by atoms with van der Waals surface area (Å²) in [6, 6.07) is 14.6. The van der Waals surface area contributed by atoms with Gasteiger partial charge in [0.1, 0.15) is 0 Å². The lowest BCUT2D eigenvalue weighted by Gasteiger charge is -2.26. The van der Waals surface area contributed by atoms with Gasteiger partial charge in [0.15, 0.2) is 5.78 Å². The summed E-state index contributed by atoms with van der Waals surface area (Å²) < 4.78 is 24.1. The second-order valence-electron chi connectivity index (χ2n) is 4.51. The summed E-state index contributed by atoms with van der Waals surface area (Å²) in [7, 11) is -0.629. The Hall–Kier alpha value is -0.840. The predicted molar refractivity (Wildman–Crippen MR) is 93.6 cm³/mol. The molecule has 0 fully saturated rings. The molecule has 22 heavy (non-hydrogen) atoms. The summed E-state index contributed by atoms with van der Waals surface area (Å²) in [6.07, 6.45) is 0. The van der Waals surface area contributed by atoms with Crippen LogP contribution in [0.4, 0.5) is 5.69 Å². The number of benzene rings is 2. The number of halogens is 2. The molecule has 0 radical (unpaired) electrons. The Morgan fingerprint density at radius 1 is 1.05 bits per heavy atom. The molecule has 0 aliphatic rings. The second kappa shape index (κ2) is 7.62. The van der Waals surface area contributed by atoms with Gasteiger partial charge in [-0.1, -0.05) is 39.7 Å². The first-order valence-corrected chi connectivity index (χ1v) is 9.25. The van der Waals surface area contributed by atoms with E-state index in [-0.39, 0.29) is 0 Å². The third kappa shape index (κ3) is 4.12. The van der Waals surface area contributed by atoms with Gasteiger partial charge in [-0.2, -0.15) is 0 Å². The molecule has 7 heteroatoms. The molecule has 2 aromatic carbocycles. The minimum Gasteiger partial charge on any atom is -0.368 e. The van der Waals surface area contributed by atoms with Gasteiger partial charge in [-0.05, 0) is 42.0 Å². The minimum atomic E-state index is -3.37. The highest BCUT2D eigenvalue weighted by Gasteiger charge is 2.35. The van der Waals surface area contributed by atoms with Gasteiger partial charge in [0, 0.05) is 29.4 Å². The van der Waals surface area contributed by atoms with E-state index in [9.17, 15) is 4.57 Å². The van der Waals surface area contributed by atoms with Crippen LogP contribution < -0.4 is 5.32 Å². The van der Waals surface area contributed by atoms with Crippen molar-refractivity contribution >= 4 is 40.8 Å². The van der Waals surface area contributed by atoms with Gasteiger partial charge in [0.2, 0.25) is 0 Å². The van der Waals surface area contributed by atoms with Gasteiger partial charge in [0.05, 0.1) is 0 Å². The maximum atomic E-state index is 12.9. The molecular weight excluding hydrogens is 389 g/mol. The zero-order chi connectivity index (χ0) is 16.2. The average molecular weight is 405 g/mol. The van der Waals surface area contributed by atoms with Crippen LogP contribution in [0, 0.1) is 0 Å². The van der Waals surface area contributed by atoms with E-state index in [1.807, 2.05) is 24.3 Å². The maximum Gasteiger partial charge on any atom is 0.356 e. The van der Waals surface area contributed by atoms with Crippen molar-refractivity contribution in [2.24, 2.45) is 0 Å². The molecular formula is C15H16BrClNO3P. The van der Waals surface area contributed by atoms with Gasteiger partial charge in [-0.25, -0.2) is 0 Å². The summed E-state index contributed by atoms with van der Waals surface area (Å²) in [5.74, 6) is -0.638. The molecule has 118 valence electrons. The largest absolute Gasteiger partial charge is 0.368 e.